The molecule has 1 saturated heterocycles. The maximum atomic E-state index is 4.01. The third-order valence-corrected chi connectivity index (χ3v) is 2.04. The molecule has 1 aliphatic heterocycles. The molecule has 2 nitrogen and oxygen atoms in total. The monoisotopic (exact) mass is 140 g/mol. The van der Waals surface area contributed by atoms with E-state index >= 15 is 0 Å². The molecule has 0 saturated carbocycles. The van der Waals surface area contributed by atoms with Crippen LogP contribution in [0.5, 0.6) is 0 Å². The normalized spacial score (nSPS) is 27.5. The number of nitrogens with one attached hydrogen (secondary N) is 1. The molecule has 0 aromatic carbocycles. The van der Waals surface area contributed by atoms with Crippen LogP contribution in [0.15, 0.2) is 12.2 Å². The van der Waals surface area contributed by atoms with Gasteiger partial charge < -0.3 is 10.2 Å². The minimum Gasteiger partial charge on any atom is -0.313 e. The molecule has 0 spiro atoms. The first-order valence-electron chi connectivity index (χ1n) is 3.76. The van der Waals surface area contributed by atoms with Crippen LogP contribution in [0.3, 0.4) is 0 Å². The smallest absolute Gasteiger partial charge is 0.0323 e. The van der Waals surface area contributed by atoms with E-state index in [4.69, 9.17) is 0 Å². The third-order valence-electron chi connectivity index (χ3n) is 2.04. The Balaban J connectivity index is 2.48. The summed E-state index contributed by atoms with van der Waals surface area (Å²) in [5.41, 5.74) is 1.32. The molecule has 0 aliphatic carbocycles. The molecular formula is C8H16N2. The molecule has 0 amide bonds. The lowest BCUT2D eigenvalue weighted by Gasteiger charge is -2.30. The third kappa shape index (κ3) is 1.58. The lowest BCUT2D eigenvalue weighted by molar-refractivity contribution is 0.291. The molecule has 1 rings (SSSR count). The van der Waals surface area contributed by atoms with Gasteiger partial charge in [-0.25, -0.2) is 0 Å². The van der Waals surface area contributed by atoms with Crippen molar-refractivity contribution in [1.82, 2.24) is 10.2 Å². The molecule has 0 aromatic rings. The Hall–Kier alpha value is -0.340. The second-order valence-corrected chi connectivity index (χ2v) is 3.10. The van der Waals surface area contributed by atoms with Crippen LogP contribution in [-0.2, 0) is 0 Å². The van der Waals surface area contributed by atoms with Crippen molar-refractivity contribution in [2.45, 2.75) is 12.5 Å². The number of likely N-dealkylation sites (N-methyl/N-ethyl adjacent to an activating group) is 1. The summed E-state index contributed by atoms with van der Waals surface area (Å²) in [5, 5.41) is 3.29. The molecule has 10 heavy (non-hydrogen) atoms. The van der Waals surface area contributed by atoms with Crippen LogP contribution in [0.2, 0.25) is 0 Å². The van der Waals surface area contributed by atoms with E-state index in [9.17, 15) is 0 Å². The second-order valence-electron chi connectivity index (χ2n) is 3.10. The van der Waals surface area contributed by atoms with Gasteiger partial charge in [-0.3, -0.25) is 0 Å². The van der Waals surface area contributed by atoms with Crippen molar-refractivity contribution < 1.29 is 0 Å². The van der Waals surface area contributed by atoms with Gasteiger partial charge >= 0.3 is 0 Å². The highest BCUT2D eigenvalue weighted by molar-refractivity contribution is 5.10. The van der Waals surface area contributed by atoms with Crippen molar-refractivity contribution in [3.63, 3.8) is 0 Å². The molecular weight excluding hydrogens is 124 g/mol. The van der Waals surface area contributed by atoms with Gasteiger partial charge in [0.15, 0.2) is 0 Å². The van der Waals surface area contributed by atoms with Crippen molar-refractivity contribution in [2.24, 2.45) is 0 Å². The van der Waals surface area contributed by atoms with Crippen molar-refractivity contribution in [3.05, 3.63) is 12.2 Å². The summed E-state index contributed by atoms with van der Waals surface area (Å²) >= 11 is 0. The van der Waals surface area contributed by atoms with Crippen molar-refractivity contribution >= 4 is 0 Å². The Morgan fingerprint density at radius 2 is 2.30 bits per heavy atom. The summed E-state index contributed by atoms with van der Waals surface area (Å²) in [6.45, 7) is 6.13. The summed E-state index contributed by atoms with van der Waals surface area (Å²) in [6, 6.07) is 0.598. The quantitative estimate of drug-likeness (QED) is 0.532. The van der Waals surface area contributed by atoms with Crippen LogP contribution in [0, 0.1) is 0 Å². The van der Waals surface area contributed by atoms with Gasteiger partial charge in [-0.1, -0.05) is 6.58 Å². The van der Waals surface area contributed by atoms with Gasteiger partial charge in [0.1, 0.15) is 0 Å². The molecule has 1 heterocycles. The van der Waals surface area contributed by atoms with Gasteiger partial charge in [-0.05, 0) is 32.6 Å². The van der Waals surface area contributed by atoms with Gasteiger partial charge in [-0.15, -0.1) is 0 Å². The number of piperidine rings is 1. The molecule has 0 aromatic heterocycles. The summed E-state index contributed by atoms with van der Waals surface area (Å²) in [7, 11) is 4.22. The molecule has 1 N–H and O–H groups in total. The van der Waals surface area contributed by atoms with Crippen LogP contribution in [0.25, 0.3) is 0 Å². The first-order valence-corrected chi connectivity index (χ1v) is 3.76. The average Bonchev–Trinajstić information content (AvgIpc) is 1.88. The highest BCUT2D eigenvalue weighted by atomic mass is 15.1. The highest BCUT2D eigenvalue weighted by Gasteiger charge is 2.17. The van der Waals surface area contributed by atoms with E-state index < -0.39 is 0 Å². The Labute approximate surface area is 62.9 Å². The van der Waals surface area contributed by atoms with Crippen LogP contribution in [-0.4, -0.2) is 38.1 Å². The number of hydrogen-bond donors (Lipinski definition) is 1. The van der Waals surface area contributed by atoms with Gasteiger partial charge in [0.2, 0.25) is 0 Å². The fraction of sp³-hybridized carbons (Fsp3) is 0.750. The van der Waals surface area contributed by atoms with E-state index in [1.54, 1.807) is 0 Å². The minimum atomic E-state index is 0.598. The molecule has 0 bridgehead atoms. The second kappa shape index (κ2) is 3.17. The van der Waals surface area contributed by atoms with Crippen LogP contribution >= 0.6 is 0 Å². The number of hydrogen-bond acceptors (Lipinski definition) is 2. The zero-order valence-corrected chi connectivity index (χ0v) is 6.85. The average molecular weight is 140 g/mol. The zero-order chi connectivity index (χ0) is 7.56. The van der Waals surface area contributed by atoms with Gasteiger partial charge in [-0.2, -0.15) is 0 Å². The van der Waals surface area contributed by atoms with Gasteiger partial charge in [0.05, 0.1) is 0 Å². The van der Waals surface area contributed by atoms with Crippen molar-refractivity contribution in [3.8, 4) is 0 Å². The van der Waals surface area contributed by atoms with Crippen molar-refractivity contribution in [1.29, 1.82) is 0 Å². The number of nitrogens with zero attached hydrogens (tertiary/aromatic N) is 1. The van der Waals surface area contributed by atoms with Crippen LogP contribution in [0.1, 0.15) is 6.42 Å². The Kier molecular flexibility index (Phi) is 2.46. The Bertz CT molecular complexity index is 129. The number of rotatable bonds is 1. The largest absolute Gasteiger partial charge is 0.313 e. The highest BCUT2D eigenvalue weighted by Crippen LogP contribution is 2.11. The molecule has 1 fully saturated rings. The maximum Gasteiger partial charge on any atom is 0.0323 e. The zero-order valence-electron chi connectivity index (χ0n) is 6.85. The van der Waals surface area contributed by atoms with E-state index in [0.29, 0.717) is 6.04 Å². The first-order chi connectivity index (χ1) is 4.72. The lowest BCUT2D eigenvalue weighted by Crippen LogP contribution is -2.41. The fourth-order valence-corrected chi connectivity index (χ4v) is 1.43. The van der Waals surface area contributed by atoms with E-state index in [1.807, 2.05) is 0 Å². The lowest BCUT2D eigenvalue weighted by atomic mass is 10.0. The fourth-order valence-electron chi connectivity index (χ4n) is 1.43. The van der Waals surface area contributed by atoms with E-state index in [1.165, 1.54) is 12.0 Å². The molecule has 58 valence electrons. The predicted octanol–water partition coefficient (Wildman–Crippen LogP) is 0.466. The van der Waals surface area contributed by atoms with Gasteiger partial charge in [0.25, 0.3) is 0 Å². The minimum absolute atomic E-state index is 0.598. The van der Waals surface area contributed by atoms with E-state index in [2.05, 4.69) is 30.9 Å². The Morgan fingerprint density at radius 3 is 2.70 bits per heavy atom. The summed E-state index contributed by atoms with van der Waals surface area (Å²) in [5.74, 6) is 0. The molecule has 1 unspecified atom stereocenters. The Morgan fingerprint density at radius 1 is 1.60 bits per heavy atom. The van der Waals surface area contributed by atoms with Crippen molar-refractivity contribution in [2.75, 3.05) is 27.2 Å². The first kappa shape index (κ1) is 7.76. The van der Waals surface area contributed by atoms with E-state index in [0.717, 1.165) is 13.1 Å². The molecule has 0 radical (unpaired) electrons. The molecule has 2 heteroatoms. The predicted molar refractivity (Wildman–Crippen MR) is 44.1 cm³/mol. The molecule has 1 aliphatic rings. The van der Waals surface area contributed by atoms with Crippen LogP contribution < -0.4 is 5.32 Å². The summed E-state index contributed by atoms with van der Waals surface area (Å²) in [4.78, 5) is 2.24. The topological polar surface area (TPSA) is 15.3 Å². The molecule has 1 atom stereocenters. The summed E-state index contributed by atoms with van der Waals surface area (Å²) in [6.07, 6.45) is 1.20. The van der Waals surface area contributed by atoms with Gasteiger partial charge in [0, 0.05) is 12.6 Å². The SMILES string of the molecule is C=C1CNCCC1N(C)C. The van der Waals surface area contributed by atoms with E-state index in [-0.39, 0.29) is 0 Å². The standard InChI is InChI=1S/C8H16N2/c1-7-6-9-5-4-8(7)10(2)3/h8-9H,1,4-6H2,2-3H3. The van der Waals surface area contributed by atoms with Crippen LogP contribution in [0.4, 0.5) is 0 Å². The maximum absolute atomic E-state index is 4.01. The summed E-state index contributed by atoms with van der Waals surface area (Å²) < 4.78 is 0.